The van der Waals surface area contributed by atoms with Crippen LogP contribution in [0.3, 0.4) is 0 Å². The van der Waals surface area contributed by atoms with Gasteiger partial charge in [0.25, 0.3) is 0 Å². The highest BCUT2D eigenvalue weighted by atomic mass is 32.2. The number of hydrogen-bond donors (Lipinski definition) is 0. The van der Waals surface area contributed by atoms with E-state index in [1.165, 1.54) is 25.3 Å². The fraction of sp³-hybridized carbons (Fsp3) is 0.200. The summed E-state index contributed by atoms with van der Waals surface area (Å²) >= 11 is 0. The van der Waals surface area contributed by atoms with Crippen molar-refractivity contribution in [3.05, 3.63) is 57.6 Å². The van der Waals surface area contributed by atoms with Crippen LogP contribution in [0.15, 0.2) is 41.3 Å². The second-order valence-electron chi connectivity index (χ2n) is 4.90. The van der Waals surface area contributed by atoms with E-state index in [2.05, 4.69) is 0 Å². The maximum atomic E-state index is 12.3. The Hall–Kier alpha value is -2.61. The zero-order valence-electron chi connectivity index (χ0n) is 12.8. The Morgan fingerprint density at radius 3 is 2.17 bits per heavy atom. The largest absolute Gasteiger partial charge is 0.496 e. The van der Waals surface area contributed by atoms with Gasteiger partial charge < -0.3 is 8.92 Å². The van der Waals surface area contributed by atoms with E-state index in [0.29, 0.717) is 5.56 Å². The van der Waals surface area contributed by atoms with Crippen molar-refractivity contribution >= 4 is 15.8 Å². The number of nitro benzene ring substituents is 1. The van der Waals surface area contributed by atoms with Gasteiger partial charge in [0.15, 0.2) is 0 Å². The molecule has 0 radical (unpaired) electrons. The van der Waals surface area contributed by atoms with Crippen LogP contribution in [0.5, 0.6) is 11.5 Å². The topological polar surface area (TPSA) is 95.7 Å². The molecule has 8 heteroatoms. The summed E-state index contributed by atoms with van der Waals surface area (Å²) in [5.74, 6) is -0.0781. The third-order valence-electron chi connectivity index (χ3n) is 3.18. The number of hydrogen-bond acceptors (Lipinski definition) is 6. The number of rotatable bonds is 5. The van der Waals surface area contributed by atoms with Crippen molar-refractivity contribution in [1.82, 2.24) is 0 Å². The molecule has 0 bridgehead atoms. The van der Waals surface area contributed by atoms with Crippen molar-refractivity contribution < 1.29 is 22.3 Å². The molecule has 0 atom stereocenters. The van der Waals surface area contributed by atoms with E-state index in [0.717, 1.165) is 11.6 Å². The van der Waals surface area contributed by atoms with Crippen LogP contribution in [-0.2, 0) is 10.1 Å². The number of methoxy groups -OCH3 is 1. The molecule has 0 saturated carbocycles. The highest BCUT2D eigenvalue weighted by Crippen LogP contribution is 2.35. The molecule has 0 spiro atoms. The van der Waals surface area contributed by atoms with Gasteiger partial charge in [0.1, 0.15) is 10.6 Å². The fourth-order valence-corrected chi connectivity index (χ4v) is 2.89. The summed E-state index contributed by atoms with van der Waals surface area (Å²) < 4.78 is 34.5. The second-order valence-corrected chi connectivity index (χ2v) is 6.44. The zero-order chi connectivity index (χ0) is 17.2. The van der Waals surface area contributed by atoms with E-state index >= 15 is 0 Å². The van der Waals surface area contributed by atoms with Gasteiger partial charge in [-0.05, 0) is 37.6 Å². The summed E-state index contributed by atoms with van der Waals surface area (Å²) in [5, 5.41) is 11.1. The summed E-state index contributed by atoms with van der Waals surface area (Å²) in [4.78, 5) is 10.3. The molecule has 7 nitrogen and oxygen atoms in total. The van der Waals surface area contributed by atoms with E-state index < -0.39 is 20.7 Å². The standard InChI is InChI=1S/C15H15NO6S/c1-10-4-6-12(7-5-10)23(19,20)22-15-8-11(2)14(21-3)9-13(15)16(17)18/h4-9H,1-3H3. The normalized spacial score (nSPS) is 11.1. The number of nitro groups is 1. The minimum atomic E-state index is -4.17. The smallest absolute Gasteiger partial charge is 0.339 e. The monoisotopic (exact) mass is 337 g/mol. The Morgan fingerprint density at radius 1 is 1.04 bits per heavy atom. The molecule has 0 amide bonds. The molecule has 0 aliphatic carbocycles. The molecular weight excluding hydrogens is 322 g/mol. The van der Waals surface area contributed by atoms with Crippen LogP contribution < -0.4 is 8.92 Å². The van der Waals surface area contributed by atoms with Crippen LogP contribution in [0.2, 0.25) is 0 Å². The number of ether oxygens (including phenoxy) is 1. The minimum Gasteiger partial charge on any atom is -0.496 e. The Morgan fingerprint density at radius 2 is 1.65 bits per heavy atom. The van der Waals surface area contributed by atoms with E-state index in [1.807, 2.05) is 6.92 Å². The van der Waals surface area contributed by atoms with E-state index in [-0.39, 0.29) is 16.4 Å². The van der Waals surface area contributed by atoms with Gasteiger partial charge in [-0.25, -0.2) is 0 Å². The van der Waals surface area contributed by atoms with E-state index in [4.69, 9.17) is 8.92 Å². The Kier molecular flexibility index (Phi) is 4.55. The Balaban J connectivity index is 2.48. The van der Waals surface area contributed by atoms with Gasteiger partial charge in [-0.15, -0.1) is 0 Å². The lowest BCUT2D eigenvalue weighted by Gasteiger charge is -2.10. The SMILES string of the molecule is COc1cc([N+](=O)[O-])c(OS(=O)(=O)c2ccc(C)cc2)cc1C. The first-order chi connectivity index (χ1) is 10.7. The molecular formula is C15H15NO6S. The summed E-state index contributed by atoms with van der Waals surface area (Å²) in [6.07, 6.45) is 0. The van der Waals surface area contributed by atoms with Crippen molar-refractivity contribution in [2.24, 2.45) is 0 Å². The molecule has 2 aromatic carbocycles. The predicted molar refractivity (Wildman–Crippen MR) is 83.4 cm³/mol. The van der Waals surface area contributed by atoms with E-state index in [1.54, 1.807) is 19.1 Å². The van der Waals surface area contributed by atoms with Gasteiger partial charge in [-0.2, -0.15) is 8.42 Å². The molecule has 0 aliphatic rings. The molecule has 0 heterocycles. The van der Waals surface area contributed by atoms with Gasteiger partial charge in [-0.1, -0.05) is 17.7 Å². The minimum absolute atomic E-state index is 0.0779. The maximum absolute atomic E-state index is 12.3. The molecule has 0 fully saturated rings. The quantitative estimate of drug-likeness (QED) is 0.473. The second kappa shape index (κ2) is 6.25. The van der Waals surface area contributed by atoms with Gasteiger partial charge in [-0.3, -0.25) is 10.1 Å². The van der Waals surface area contributed by atoms with Crippen LogP contribution in [0.1, 0.15) is 11.1 Å². The highest BCUT2D eigenvalue weighted by Gasteiger charge is 2.25. The number of benzene rings is 2. The lowest BCUT2D eigenvalue weighted by Crippen LogP contribution is -2.11. The van der Waals surface area contributed by atoms with E-state index in [9.17, 15) is 18.5 Å². The number of aryl methyl sites for hydroxylation is 2. The van der Waals surface area contributed by atoms with Crippen LogP contribution in [0.25, 0.3) is 0 Å². The van der Waals surface area contributed by atoms with Crippen LogP contribution in [-0.4, -0.2) is 20.5 Å². The molecule has 2 aromatic rings. The van der Waals surface area contributed by atoms with Crippen molar-refractivity contribution in [1.29, 1.82) is 0 Å². The van der Waals surface area contributed by atoms with Gasteiger partial charge >= 0.3 is 15.8 Å². The summed E-state index contributed by atoms with van der Waals surface area (Å²) in [6.45, 7) is 3.45. The van der Waals surface area contributed by atoms with Crippen molar-refractivity contribution in [3.63, 3.8) is 0 Å². The molecule has 23 heavy (non-hydrogen) atoms. The summed E-state index contributed by atoms with van der Waals surface area (Å²) in [7, 11) is -2.80. The van der Waals surface area contributed by atoms with Gasteiger partial charge in [0, 0.05) is 0 Å². The third-order valence-corrected chi connectivity index (χ3v) is 4.43. The Bertz CT molecular complexity index is 843. The lowest BCUT2D eigenvalue weighted by molar-refractivity contribution is -0.385. The average molecular weight is 337 g/mol. The van der Waals surface area contributed by atoms with Gasteiger partial charge in [0.05, 0.1) is 18.1 Å². The predicted octanol–water partition coefficient (Wildman–Crippen LogP) is 2.99. The maximum Gasteiger partial charge on any atom is 0.339 e. The molecule has 0 N–H and O–H groups in total. The molecule has 0 aliphatic heterocycles. The molecule has 122 valence electrons. The van der Waals surface area contributed by atoms with Crippen LogP contribution >= 0.6 is 0 Å². The number of nitrogens with zero attached hydrogens (tertiary/aromatic N) is 1. The average Bonchev–Trinajstić information content (AvgIpc) is 2.47. The first-order valence-electron chi connectivity index (χ1n) is 6.59. The third kappa shape index (κ3) is 3.59. The zero-order valence-corrected chi connectivity index (χ0v) is 13.6. The first-order valence-corrected chi connectivity index (χ1v) is 7.99. The van der Waals surface area contributed by atoms with Crippen LogP contribution in [0, 0.1) is 24.0 Å². The molecule has 2 rings (SSSR count). The highest BCUT2D eigenvalue weighted by molar-refractivity contribution is 7.87. The lowest BCUT2D eigenvalue weighted by atomic mass is 10.2. The summed E-state index contributed by atoms with van der Waals surface area (Å²) in [6, 6.07) is 8.39. The van der Waals surface area contributed by atoms with Crippen molar-refractivity contribution in [2.45, 2.75) is 18.7 Å². The first kappa shape index (κ1) is 16.8. The van der Waals surface area contributed by atoms with Crippen LogP contribution in [0.4, 0.5) is 5.69 Å². The fourth-order valence-electron chi connectivity index (χ4n) is 1.95. The molecule has 0 unspecified atom stereocenters. The molecule has 0 saturated heterocycles. The summed E-state index contributed by atoms with van der Waals surface area (Å²) in [5.41, 5.74) is 0.922. The van der Waals surface area contributed by atoms with Gasteiger partial charge in [0.2, 0.25) is 5.75 Å². The molecule has 0 aromatic heterocycles. The Labute approximate surface area is 133 Å². The van der Waals surface area contributed by atoms with Crippen molar-refractivity contribution in [2.75, 3.05) is 7.11 Å². The van der Waals surface area contributed by atoms with Crippen molar-refractivity contribution in [3.8, 4) is 11.5 Å².